The van der Waals surface area contributed by atoms with Gasteiger partial charge >= 0.3 is 0 Å². The first-order chi connectivity index (χ1) is 7.81. The third-order valence-corrected chi connectivity index (χ3v) is 3.18. The SMILES string of the molecule is CCCCCCc1ccc2c(c1)C(=O)NC2. The summed E-state index contributed by atoms with van der Waals surface area (Å²) in [6.07, 6.45) is 6.20. The van der Waals surface area contributed by atoms with E-state index in [1.165, 1.54) is 31.2 Å². The highest BCUT2D eigenvalue weighted by atomic mass is 16.1. The highest BCUT2D eigenvalue weighted by molar-refractivity contribution is 5.98. The molecular formula is C14H19NO. The molecule has 16 heavy (non-hydrogen) atoms. The number of unbranched alkanes of at least 4 members (excludes halogenated alkanes) is 3. The molecule has 0 atom stereocenters. The van der Waals surface area contributed by atoms with E-state index < -0.39 is 0 Å². The predicted octanol–water partition coefficient (Wildman–Crippen LogP) is 3.05. The molecule has 0 saturated carbocycles. The van der Waals surface area contributed by atoms with E-state index in [0.29, 0.717) is 6.54 Å². The van der Waals surface area contributed by atoms with Crippen LogP contribution in [-0.2, 0) is 13.0 Å². The number of aryl methyl sites for hydroxylation is 1. The minimum Gasteiger partial charge on any atom is -0.348 e. The van der Waals surface area contributed by atoms with Gasteiger partial charge in [0.15, 0.2) is 0 Å². The number of hydrogen-bond donors (Lipinski definition) is 1. The Labute approximate surface area is 97.1 Å². The van der Waals surface area contributed by atoms with Crippen LogP contribution in [-0.4, -0.2) is 5.91 Å². The van der Waals surface area contributed by atoms with Crippen LogP contribution >= 0.6 is 0 Å². The Hall–Kier alpha value is -1.31. The van der Waals surface area contributed by atoms with Gasteiger partial charge in [-0.25, -0.2) is 0 Å². The maximum atomic E-state index is 11.5. The molecule has 1 aromatic rings. The molecule has 2 heteroatoms. The van der Waals surface area contributed by atoms with Crippen LogP contribution in [0.25, 0.3) is 0 Å². The maximum Gasteiger partial charge on any atom is 0.251 e. The molecule has 0 saturated heterocycles. The third kappa shape index (κ3) is 2.43. The maximum absolute atomic E-state index is 11.5. The van der Waals surface area contributed by atoms with Gasteiger partial charge in [-0.15, -0.1) is 0 Å². The van der Waals surface area contributed by atoms with Gasteiger partial charge in [0.05, 0.1) is 0 Å². The Bertz CT molecular complexity index is 384. The van der Waals surface area contributed by atoms with Crippen LogP contribution in [0.1, 0.15) is 54.1 Å². The van der Waals surface area contributed by atoms with Gasteiger partial charge in [0, 0.05) is 12.1 Å². The number of rotatable bonds is 5. The van der Waals surface area contributed by atoms with Gasteiger partial charge in [-0.1, -0.05) is 38.3 Å². The Kier molecular flexibility index (Phi) is 3.60. The largest absolute Gasteiger partial charge is 0.348 e. The molecule has 0 unspecified atom stereocenters. The smallest absolute Gasteiger partial charge is 0.251 e. The van der Waals surface area contributed by atoms with Crippen LogP contribution < -0.4 is 5.32 Å². The fraction of sp³-hybridized carbons (Fsp3) is 0.500. The number of benzene rings is 1. The van der Waals surface area contributed by atoms with Gasteiger partial charge in [0.1, 0.15) is 0 Å². The average Bonchev–Trinajstić information content (AvgIpc) is 2.67. The minimum absolute atomic E-state index is 0.0883. The van der Waals surface area contributed by atoms with E-state index in [2.05, 4.69) is 30.4 Å². The molecule has 0 spiro atoms. The Morgan fingerprint density at radius 2 is 2.12 bits per heavy atom. The van der Waals surface area contributed by atoms with Crippen molar-refractivity contribution in [3.63, 3.8) is 0 Å². The molecule has 1 aliphatic heterocycles. The summed E-state index contributed by atoms with van der Waals surface area (Å²) in [5.74, 6) is 0.0883. The normalized spacial score (nSPS) is 13.7. The van der Waals surface area contributed by atoms with Gasteiger partial charge in [-0.2, -0.15) is 0 Å². The first-order valence-corrected chi connectivity index (χ1v) is 6.21. The summed E-state index contributed by atoms with van der Waals surface area (Å²) in [4.78, 5) is 11.5. The van der Waals surface area contributed by atoms with E-state index in [4.69, 9.17) is 0 Å². The van der Waals surface area contributed by atoms with E-state index in [-0.39, 0.29) is 5.91 Å². The Balaban J connectivity index is 1.96. The van der Waals surface area contributed by atoms with Crippen LogP contribution in [0.4, 0.5) is 0 Å². The van der Waals surface area contributed by atoms with Crippen molar-refractivity contribution in [2.75, 3.05) is 0 Å². The highest BCUT2D eigenvalue weighted by Gasteiger charge is 2.18. The van der Waals surface area contributed by atoms with E-state index in [0.717, 1.165) is 17.5 Å². The molecule has 1 aliphatic rings. The fourth-order valence-corrected chi connectivity index (χ4v) is 2.17. The van der Waals surface area contributed by atoms with Crippen molar-refractivity contribution in [2.45, 2.75) is 45.6 Å². The third-order valence-electron chi connectivity index (χ3n) is 3.18. The van der Waals surface area contributed by atoms with Crippen LogP contribution in [0.2, 0.25) is 0 Å². The number of fused-ring (bicyclic) bond motifs is 1. The summed E-state index contributed by atoms with van der Waals surface area (Å²) in [6.45, 7) is 2.92. The quantitative estimate of drug-likeness (QED) is 0.755. The Morgan fingerprint density at radius 3 is 2.94 bits per heavy atom. The molecule has 1 amide bonds. The molecular weight excluding hydrogens is 198 g/mol. The molecule has 1 aromatic carbocycles. The lowest BCUT2D eigenvalue weighted by Gasteiger charge is -2.03. The molecule has 0 bridgehead atoms. The summed E-state index contributed by atoms with van der Waals surface area (Å²) in [5, 5.41) is 2.85. The number of carbonyl (C=O) groups excluding carboxylic acids is 1. The molecule has 0 fully saturated rings. The van der Waals surface area contributed by atoms with Crippen LogP contribution in [0.5, 0.6) is 0 Å². The molecule has 1 heterocycles. The summed E-state index contributed by atoms with van der Waals surface area (Å²) >= 11 is 0. The second-order valence-electron chi connectivity index (χ2n) is 4.48. The number of carbonyl (C=O) groups is 1. The lowest BCUT2D eigenvalue weighted by Crippen LogP contribution is -2.12. The summed E-state index contributed by atoms with van der Waals surface area (Å²) in [5.41, 5.74) is 3.32. The number of hydrogen-bond acceptors (Lipinski definition) is 1. The van der Waals surface area contributed by atoms with Crippen molar-refractivity contribution in [1.82, 2.24) is 5.32 Å². The van der Waals surface area contributed by atoms with Crippen molar-refractivity contribution < 1.29 is 4.79 Å². The monoisotopic (exact) mass is 217 g/mol. The molecule has 2 rings (SSSR count). The van der Waals surface area contributed by atoms with Gasteiger partial charge < -0.3 is 5.32 Å². The van der Waals surface area contributed by atoms with Crippen molar-refractivity contribution in [2.24, 2.45) is 0 Å². The van der Waals surface area contributed by atoms with E-state index >= 15 is 0 Å². The lowest BCUT2D eigenvalue weighted by molar-refractivity contribution is 0.0965. The molecule has 0 radical (unpaired) electrons. The standard InChI is InChI=1S/C14H19NO/c1-2-3-4-5-6-11-7-8-12-10-15-14(16)13(12)9-11/h7-9H,2-6,10H2,1H3,(H,15,16). The molecule has 1 N–H and O–H groups in total. The van der Waals surface area contributed by atoms with Gasteiger partial charge in [-0.05, 0) is 30.0 Å². The number of nitrogens with one attached hydrogen (secondary N) is 1. The molecule has 0 aromatic heterocycles. The zero-order valence-corrected chi connectivity index (χ0v) is 9.88. The van der Waals surface area contributed by atoms with E-state index in [1.54, 1.807) is 0 Å². The van der Waals surface area contributed by atoms with E-state index in [9.17, 15) is 4.79 Å². The van der Waals surface area contributed by atoms with Gasteiger partial charge in [0.25, 0.3) is 5.91 Å². The highest BCUT2D eigenvalue weighted by Crippen LogP contribution is 2.18. The van der Waals surface area contributed by atoms with Crippen molar-refractivity contribution in [3.05, 3.63) is 34.9 Å². The van der Waals surface area contributed by atoms with Crippen molar-refractivity contribution in [1.29, 1.82) is 0 Å². The molecule has 0 aliphatic carbocycles. The van der Waals surface area contributed by atoms with E-state index in [1.807, 2.05) is 0 Å². The lowest BCUT2D eigenvalue weighted by atomic mass is 10.0. The van der Waals surface area contributed by atoms with Crippen LogP contribution in [0.3, 0.4) is 0 Å². The zero-order chi connectivity index (χ0) is 11.4. The topological polar surface area (TPSA) is 29.1 Å². The first-order valence-electron chi connectivity index (χ1n) is 6.21. The van der Waals surface area contributed by atoms with Crippen molar-refractivity contribution in [3.8, 4) is 0 Å². The predicted molar refractivity (Wildman–Crippen MR) is 65.5 cm³/mol. The summed E-state index contributed by atoms with van der Waals surface area (Å²) in [7, 11) is 0. The zero-order valence-electron chi connectivity index (χ0n) is 9.88. The van der Waals surface area contributed by atoms with Crippen molar-refractivity contribution >= 4 is 5.91 Å². The van der Waals surface area contributed by atoms with Crippen LogP contribution in [0.15, 0.2) is 18.2 Å². The number of amides is 1. The summed E-state index contributed by atoms with van der Waals surface area (Å²) < 4.78 is 0. The second kappa shape index (κ2) is 5.15. The first kappa shape index (κ1) is 11.2. The Morgan fingerprint density at radius 1 is 1.25 bits per heavy atom. The average molecular weight is 217 g/mol. The molecule has 86 valence electrons. The van der Waals surface area contributed by atoms with Gasteiger partial charge in [-0.3, -0.25) is 4.79 Å². The fourth-order valence-electron chi connectivity index (χ4n) is 2.17. The van der Waals surface area contributed by atoms with Gasteiger partial charge in [0.2, 0.25) is 0 Å². The van der Waals surface area contributed by atoms with Crippen LogP contribution in [0, 0.1) is 0 Å². The summed E-state index contributed by atoms with van der Waals surface area (Å²) in [6, 6.07) is 6.30. The second-order valence-corrected chi connectivity index (χ2v) is 4.48. The molecule has 2 nitrogen and oxygen atoms in total. The minimum atomic E-state index is 0.0883.